The van der Waals surface area contributed by atoms with E-state index in [0.29, 0.717) is 6.54 Å². The fraction of sp³-hybridized carbons (Fsp3) is 0.235. The molecule has 0 fully saturated rings. The summed E-state index contributed by atoms with van der Waals surface area (Å²) in [5, 5.41) is 0. The zero-order chi connectivity index (χ0) is 14.4. The Morgan fingerprint density at radius 3 is 2.35 bits per heavy atom. The molecule has 0 heterocycles. The largest absolute Gasteiger partial charge is 0.312 e. The molecule has 0 atom stereocenters. The van der Waals surface area contributed by atoms with Crippen LogP contribution >= 0.6 is 11.8 Å². The fourth-order valence-corrected chi connectivity index (χ4v) is 3.12. The molecule has 3 heteroatoms. The average Bonchev–Trinajstić information content (AvgIpc) is 2.48. The number of benzene rings is 2. The predicted octanol–water partition coefficient (Wildman–Crippen LogP) is 4.35. The highest BCUT2D eigenvalue weighted by molar-refractivity contribution is 7.98. The number of para-hydroxylation sites is 1. The second-order valence-electron chi connectivity index (χ2n) is 4.51. The van der Waals surface area contributed by atoms with Gasteiger partial charge in [0.15, 0.2) is 0 Å². The summed E-state index contributed by atoms with van der Waals surface area (Å²) in [6, 6.07) is 18.5. The summed E-state index contributed by atoms with van der Waals surface area (Å²) in [5.41, 5.74) is 2.29. The first-order chi connectivity index (χ1) is 9.72. The van der Waals surface area contributed by atoms with Gasteiger partial charge in [0.2, 0.25) is 5.91 Å². The summed E-state index contributed by atoms with van der Waals surface area (Å²) in [4.78, 5) is 14.7. The van der Waals surface area contributed by atoms with Crippen molar-refractivity contribution in [1.82, 2.24) is 0 Å². The van der Waals surface area contributed by atoms with Crippen molar-refractivity contribution in [3.63, 3.8) is 0 Å². The molecule has 0 aliphatic heterocycles. The van der Waals surface area contributed by atoms with E-state index in [4.69, 9.17) is 0 Å². The summed E-state index contributed by atoms with van der Waals surface area (Å²) in [6.07, 6.45) is 0. The van der Waals surface area contributed by atoms with Crippen LogP contribution in [0.1, 0.15) is 19.4 Å². The Morgan fingerprint density at radius 1 is 1.05 bits per heavy atom. The van der Waals surface area contributed by atoms with Crippen LogP contribution in [-0.4, -0.2) is 12.5 Å². The Morgan fingerprint density at radius 2 is 1.70 bits per heavy atom. The smallest absolute Gasteiger partial charge is 0.223 e. The van der Waals surface area contributed by atoms with Crippen molar-refractivity contribution in [2.24, 2.45) is 0 Å². The fourth-order valence-electron chi connectivity index (χ4n) is 2.10. The molecule has 20 heavy (non-hydrogen) atoms. The Balaban J connectivity index is 2.17. The van der Waals surface area contributed by atoms with Crippen molar-refractivity contribution in [1.29, 1.82) is 0 Å². The maximum Gasteiger partial charge on any atom is 0.223 e. The summed E-state index contributed by atoms with van der Waals surface area (Å²) in [6.45, 7) is 4.31. The van der Waals surface area contributed by atoms with Gasteiger partial charge in [-0.25, -0.2) is 0 Å². The van der Waals surface area contributed by atoms with Crippen molar-refractivity contribution in [2.75, 3.05) is 11.4 Å². The topological polar surface area (TPSA) is 20.3 Å². The Bertz CT molecular complexity index is 568. The summed E-state index contributed by atoms with van der Waals surface area (Å²) >= 11 is 1.77. The number of hydrogen-bond acceptors (Lipinski definition) is 2. The van der Waals surface area contributed by atoms with Crippen LogP contribution in [0.25, 0.3) is 0 Å². The maximum absolute atomic E-state index is 11.7. The number of anilines is 1. The minimum absolute atomic E-state index is 0.0836. The molecule has 0 bridgehead atoms. The van der Waals surface area contributed by atoms with Crippen LogP contribution in [0.4, 0.5) is 5.69 Å². The minimum Gasteiger partial charge on any atom is -0.312 e. The molecule has 0 aliphatic rings. The van der Waals surface area contributed by atoms with E-state index in [2.05, 4.69) is 30.3 Å². The number of thioether (sulfide) groups is 1. The molecule has 104 valence electrons. The van der Waals surface area contributed by atoms with E-state index in [0.717, 1.165) is 16.3 Å². The maximum atomic E-state index is 11.7. The van der Waals surface area contributed by atoms with Crippen LogP contribution in [0.15, 0.2) is 59.5 Å². The van der Waals surface area contributed by atoms with Gasteiger partial charge < -0.3 is 4.90 Å². The number of nitrogens with zero attached hydrogens (tertiary/aromatic N) is 1. The Kier molecular flexibility index (Phi) is 5.24. The number of hydrogen-bond donors (Lipinski definition) is 0. The van der Waals surface area contributed by atoms with E-state index >= 15 is 0 Å². The molecule has 0 N–H and O–H groups in total. The number of carbonyl (C=O) groups is 1. The van der Waals surface area contributed by atoms with Gasteiger partial charge in [-0.2, -0.15) is 0 Å². The second kappa shape index (κ2) is 7.15. The predicted molar refractivity (Wildman–Crippen MR) is 86.1 cm³/mol. The lowest BCUT2D eigenvalue weighted by molar-refractivity contribution is -0.116. The molecule has 0 radical (unpaired) electrons. The first kappa shape index (κ1) is 14.7. The molecule has 1 amide bonds. The van der Waals surface area contributed by atoms with Gasteiger partial charge in [-0.05, 0) is 24.6 Å². The van der Waals surface area contributed by atoms with Crippen LogP contribution in [0.2, 0.25) is 0 Å². The molecule has 0 unspecified atom stereocenters. The van der Waals surface area contributed by atoms with E-state index in [1.807, 2.05) is 36.1 Å². The highest BCUT2D eigenvalue weighted by atomic mass is 32.2. The van der Waals surface area contributed by atoms with Gasteiger partial charge in [0.1, 0.15) is 0 Å². The van der Waals surface area contributed by atoms with Gasteiger partial charge in [0.05, 0.1) is 5.69 Å². The summed E-state index contributed by atoms with van der Waals surface area (Å²) < 4.78 is 0. The lowest BCUT2D eigenvalue weighted by atomic mass is 10.2. The third-order valence-corrected chi connectivity index (χ3v) is 4.22. The van der Waals surface area contributed by atoms with Gasteiger partial charge in [-0.3, -0.25) is 4.79 Å². The van der Waals surface area contributed by atoms with Gasteiger partial charge in [0.25, 0.3) is 0 Å². The zero-order valence-electron chi connectivity index (χ0n) is 11.9. The SMILES string of the molecule is CCN(C(C)=O)c1ccccc1SCc1ccccc1. The van der Waals surface area contributed by atoms with Crippen LogP contribution in [-0.2, 0) is 10.5 Å². The third-order valence-electron chi connectivity index (χ3n) is 3.09. The van der Waals surface area contributed by atoms with Gasteiger partial charge in [-0.15, -0.1) is 11.8 Å². The zero-order valence-corrected chi connectivity index (χ0v) is 12.7. The van der Waals surface area contributed by atoms with E-state index in [1.165, 1.54) is 5.56 Å². The molecule has 0 spiro atoms. The molecule has 2 rings (SSSR count). The van der Waals surface area contributed by atoms with Crippen molar-refractivity contribution in [3.8, 4) is 0 Å². The van der Waals surface area contributed by atoms with Crippen LogP contribution in [0, 0.1) is 0 Å². The van der Waals surface area contributed by atoms with Gasteiger partial charge in [0, 0.05) is 24.1 Å². The molecule has 0 saturated carbocycles. The molecule has 0 saturated heterocycles. The lowest BCUT2D eigenvalue weighted by Crippen LogP contribution is -2.28. The van der Waals surface area contributed by atoms with E-state index in [1.54, 1.807) is 18.7 Å². The first-order valence-electron chi connectivity index (χ1n) is 6.76. The molecule has 0 aromatic heterocycles. The van der Waals surface area contributed by atoms with Crippen LogP contribution in [0.5, 0.6) is 0 Å². The summed E-state index contributed by atoms with van der Waals surface area (Å²) in [7, 11) is 0. The number of amides is 1. The first-order valence-corrected chi connectivity index (χ1v) is 7.74. The molecule has 2 aromatic rings. The van der Waals surface area contributed by atoms with Gasteiger partial charge in [-0.1, -0.05) is 42.5 Å². The number of carbonyl (C=O) groups excluding carboxylic acids is 1. The minimum atomic E-state index is 0.0836. The normalized spacial score (nSPS) is 10.3. The van der Waals surface area contributed by atoms with Crippen LogP contribution in [0.3, 0.4) is 0 Å². The molecule has 0 aliphatic carbocycles. The Labute approximate surface area is 124 Å². The highest BCUT2D eigenvalue weighted by Crippen LogP contribution is 2.32. The monoisotopic (exact) mass is 285 g/mol. The molecular weight excluding hydrogens is 266 g/mol. The molecule has 2 nitrogen and oxygen atoms in total. The molecular formula is C17H19NOS. The van der Waals surface area contributed by atoms with E-state index < -0.39 is 0 Å². The van der Waals surface area contributed by atoms with Crippen molar-refractivity contribution < 1.29 is 4.79 Å². The number of rotatable bonds is 5. The lowest BCUT2D eigenvalue weighted by Gasteiger charge is -2.22. The second-order valence-corrected chi connectivity index (χ2v) is 5.52. The Hall–Kier alpha value is -1.74. The third kappa shape index (κ3) is 3.64. The van der Waals surface area contributed by atoms with E-state index in [-0.39, 0.29) is 5.91 Å². The van der Waals surface area contributed by atoms with Crippen molar-refractivity contribution in [3.05, 3.63) is 60.2 Å². The quantitative estimate of drug-likeness (QED) is 0.761. The summed E-state index contributed by atoms with van der Waals surface area (Å²) in [5.74, 6) is 0.994. The van der Waals surface area contributed by atoms with Crippen LogP contribution < -0.4 is 4.90 Å². The average molecular weight is 285 g/mol. The van der Waals surface area contributed by atoms with Crippen molar-refractivity contribution in [2.45, 2.75) is 24.5 Å². The van der Waals surface area contributed by atoms with Crippen molar-refractivity contribution >= 4 is 23.4 Å². The molecule has 2 aromatic carbocycles. The van der Waals surface area contributed by atoms with Gasteiger partial charge >= 0.3 is 0 Å². The van der Waals surface area contributed by atoms with E-state index in [9.17, 15) is 4.79 Å². The standard InChI is InChI=1S/C17H19NOS/c1-3-18(14(2)19)16-11-7-8-12-17(16)20-13-15-9-5-4-6-10-15/h4-12H,3,13H2,1-2H3. The highest BCUT2D eigenvalue weighted by Gasteiger charge is 2.13.